The highest BCUT2D eigenvalue weighted by atomic mass is 16.4. The number of nitrogens with one attached hydrogen (secondary N) is 1. The van der Waals surface area contributed by atoms with Crippen LogP contribution in [0.15, 0.2) is 34.7 Å². The predicted octanol–water partition coefficient (Wildman–Crippen LogP) is 2.95. The highest BCUT2D eigenvalue weighted by Crippen LogP contribution is 2.33. The molecule has 3 rings (SSSR count). The van der Waals surface area contributed by atoms with Gasteiger partial charge in [0.25, 0.3) is 0 Å². The SMILES string of the molecule is Cc1nc(CCC(=O)NC(CC2CC2)C(=O)O)oc1-c1ccccc1. The number of amides is 1. The van der Waals surface area contributed by atoms with Crippen molar-refractivity contribution in [2.24, 2.45) is 5.92 Å². The maximum atomic E-state index is 12.1. The van der Waals surface area contributed by atoms with E-state index >= 15 is 0 Å². The van der Waals surface area contributed by atoms with Crippen LogP contribution in [0.25, 0.3) is 11.3 Å². The fraction of sp³-hybridized carbons (Fsp3) is 0.421. The summed E-state index contributed by atoms with van der Waals surface area (Å²) in [6.45, 7) is 1.87. The Kier molecular flexibility index (Phi) is 5.16. The van der Waals surface area contributed by atoms with Gasteiger partial charge in [0.2, 0.25) is 5.91 Å². The standard InChI is InChI=1S/C19H22N2O4/c1-12-18(14-5-3-2-4-6-14)25-17(20-12)10-9-16(22)21-15(19(23)24)11-13-7-8-13/h2-6,13,15H,7-11H2,1H3,(H,21,22)(H,23,24). The molecule has 6 nitrogen and oxygen atoms in total. The maximum Gasteiger partial charge on any atom is 0.326 e. The number of nitrogens with zero attached hydrogens (tertiary/aromatic N) is 1. The number of carbonyl (C=O) groups is 2. The second-order valence-corrected chi connectivity index (χ2v) is 6.53. The molecule has 0 spiro atoms. The predicted molar refractivity (Wildman–Crippen MR) is 91.9 cm³/mol. The first kappa shape index (κ1) is 17.2. The number of hydrogen-bond acceptors (Lipinski definition) is 4. The van der Waals surface area contributed by atoms with E-state index in [9.17, 15) is 14.7 Å². The molecule has 1 aromatic heterocycles. The van der Waals surface area contributed by atoms with Crippen molar-refractivity contribution in [2.45, 2.75) is 45.1 Å². The van der Waals surface area contributed by atoms with Gasteiger partial charge in [-0.2, -0.15) is 0 Å². The molecule has 0 aliphatic heterocycles. The summed E-state index contributed by atoms with van der Waals surface area (Å²) in [6.07, 6.45) is 3.12. The Hall–Kier alpha value is -2.63. The molecule has 0 radical (unpaired) electrons. The van der Waals surface area contributed by atoms with Crippen molar-refractivity contribution in [3.63, 3.8) is 0 Å². The first-order chi connectivity index (χ1) is 12.0. The fourth-order valence-electron chi connectivity index (χ4n) is 2.81. The third-order valence-corrected chi connectivity index (χ3v) is 4.34. The lowest BCUT2D eigenvalue weighted by atomic mass is 10.1. The monoisotopic (exact) mass is 342 g/mol. The molecule has 0 saturated heterocycles. The summed E-state index contributed by atoms with van der Waals surface area (Å²) in [5.74, 6) is 0.363. The summed E-state index contributed by atoms with van der Waals surface area (Å²) >= 11 is 0. The van der Waals surface area contributed by atoms with Gasteiger partial charge in [-0.25, -0.2) is 9.78 Å². The number of hydrogen-bond donors (Lipinski definition) is 2. The number of benzene rings is 1. The number of aryl methyl sites for hydroxylation is 2. The first-order valence-electron chi connectivity index (χ1n) is 8.57. The molecule has 6 heteroatoms. The summed E-state index contributed by atoms with van der Waals surface area (Å²) in [5.41, 5.74) is 1.72. The van der Waals surface area contributed by atoms with E-state index in [0.29, 0.717) is 30.4 Å². The van der Waals surface area contributed by atoms with Crippen LogP contribution < -0.4 is 5.32 Å². The van der Waals surface area contributed by atoms with Crippen LogP contribution in [0.4, 0.5) is 0 Å². The second-order valence-electron chi connectivity index (χ2n) is 6.53. The molecular weight excluding hydrogens is 320 g/mol. The number of carboxylic acid groups (broad SMARTS) is 1. The molecule has 25 heavy (non-hydrogen) atoms. The quantitative estimate of drug-likeness (QED) is 0.769. The molecule has 132 valence electrons. The summed E-state index contributed by atoms with van der Waals surface area (Å²) in [4.78, 5) is 27.7. The number of rotatable bonds is 8. The normalized spacial score (nSPS) is 14.9. The van der Waals surface area contributed by atoms with Crippen molar-refractivity contribution in [1.29, 1.82) is 0 Å². The summed E-state index contributed by atoms with van der Waals surface area (Å²) in [6, 6.07) is 8.87. The average molecular weight is 342 g/mol. The summed E-state index contributed by atoms with van der Waals surface area (Å²) < 4.78 is 5.77. The van der Waals surface area contributed by atoms with E-state index in [1.165, 1.54) is 0 Å². The van der Waals surface area contributed by atoms with E-state index in [2.05, 4.69) is 10.3 Å². The van der Waals surface area contributed by atoms with Crippen molar-refractivity contribution < 1.29 is 19.1 Å². The van der Waals surface area contributed by atoms with Crippen molar-refractivity contribution in [2.75, 3.05) is 0 Å². The van der Waals surface area contributed by atoms with Crippen LogP contribution >= 0.6 is 0 Å². The summed E-state index contributed by atoms with van der Waals surface area (Å²) in [5, 5.41) is 11.8. The molecule has 1 atom stereocenters. The third kappa shape index (κ3) is 4.68. The molecule has 1 aliphatic carbocycles. The Bertz CT molecular complexity index is 750. The van der Waals surface area contributed by atoms with Crippen LogP contribution in [0.1, 0.15) is 37.3 Å². The van der Waals surface area contributed by atoms with Gasteiger partial charge in [0, 0.05) is 18.4 Å². The number of carbonyl (C=O) groups excluding carboxylic acids is 1. The molecular formula is C19H22N2O4. The second kappa shape index (κ2) is 7.51. The van der Waals surface area contributed by atoms with Crippen LogP contribution in [0.3, 0.4) is 0 Å². The Labute approximate surface area is 146 Å². The Morgan fingerprint density at radius 3 is 2.68 bits per heavy atom. The minimum Gasteiger partial charge on any atom is -0.480 e. The van der Waals surface area contributed by atoms with E-state index in [4.69, 9.17) is 4.42 Å². The maximum absolute atomic E-state index is 12.1. The van der Waals surface area contributed by atoms with Gasteiger partial charge in [-0.05, 0) is 19.3 Å². The molecule has 1 unspecified atom stereocenters. The molecule has 1 fully saturated rings. The van der Waals surface area contributed by atoms with Gasteiger partial charge in [0.1, 0.15) is 6.04 Å². The van der Waals surface area contributed by atoms with Crippen molar-refractivity contribution >= 4 is 11.9 Å². The molecule has 1 aliphatic rings. The minimum absolute atomic E-state index is 0.155. The van der Waals surface area contributed by atoms with Gasteiger partial charge >= 0.3 is 5.97 Å². The lowest BCUT2D eigenvalue weighted by Gasteiger charge is -2.13. The van der Waals surface area contributed by atoms with Crippen LogP contribution in [-0.4, -0.2) is 28.0 Å². The van der Waals surface area contributed by atoms with E-state index in [1.54, 1.807) is 0 Å². The van der Waals surface area contributed by atoms with Crippen molar-refractivity contribution in [1.82, 2.24) is 10.3 Å². The fourth-order valence-corrected chi connectivity index (χ4v) is 2.81. The van der Waals surface area contributed by atoms with Crippen LogP contribution in [0, 0.1) is 12.8 Å². The number of oxazole rings is 1. The number of aliphatic carboxylic acids is 1. The Balaban J connectivity index is 1.56. The lowest BCUT2D eigenvalue weighted by molar-refractivity contribution is -0.142. The smallest absolute Gasteiger partial charge is 0.326 e. The number of carboxylic acids is 1. The zero-order valence-electron chi connectivity index (χ0n) is 14.2. The van der Waals surface area contributed by atoms with Crippen LogP contribution in [-0.2, 0) is 16.0 Å². The van der Waals surface area contributed by atoms with E-state index in [1.807, 2.05) is 37.3 Å². The van der Waals surface area contributed by atoms with Gasteiger partial charge in [-0.15, -0.1) is 0 Å². The van der Waals surface area contributed by atoms with Gasteiger partial charge in [-0.3, -0.25) is 4.79 Å². The zero-order valence-corrected chi connectivity index (χ0v) is 14.2. The molecule has 2 N–H and O–H groups in total. The molecule has 2 aromatic rings. The molecule has 1 amide bonds. The van der Waals surface area contributed by atoms with Gasteiger partial charge < -0.3 is 14.8 Å². The van der Waals surface area contributed by atoms with Gasteiger partial charge in [-0.1, -0.05) is 43.2 Å². The molecule has 1 aromatic carbocycles. The van der Waals surface area contributed by atoms with E-state index < -0.39 is 12.0 Å². The van der Waals surface area contributed by atoms with Crippen LogP contribution in [0.2, 0.25) is 0 Å². The Morgan fingerprint density at radius 1 is 1.32 bits per heavy atom. The largest absolute Gasteiger partial charge is 0.480 e. The lowest BCUT2D eigenvalue weighted by Crippen LogP contribution is -2.41. The molecule has 0 bridgehead atoms. The topological polar surface area (TPSA) is 92.4 Å². The first-order valence-corrected chi connectivity index (χ1v) is 8.57. The molecule has 1 saturated carbocycles. The highest BCUT2D eigenvalue weighted by Gasteiger charge is 2.30. The van der Waals surface area contributed by atoms with Gasteiger partial charge in [0.05, 0.1) is 5.69 Å². The van der Waals surface area contributed by atoms with E-state index in [0.717, 1.165) is 24.1 Å². The Morgan fingerprint density at radius 2 is 2.04 bits per heavy atom. The van der Waals surface area contributed by atoms with Crippen molar-refractivity contribution in [3.05, 3.63) is 41.9 Å². The summed E-state index contributed by atoms with van der Waals surface area (Å²) in [7, 11) is 0. The van der Waals surface area contributed by atoms with Crippen molar-refractivity contribution in [3.8, 4) is 11.3 Å². The van der Waals surface area contributed by atoms with Gasteiger partial charge in [0.15, 0.2) is 11.7 Å². The highest BCUT2D eigenvalue weighted by molar-refractivity contribution is 5.83. The van der Waals surface area contributed by atoms with Crippen LogP contribution in [0.5, 0.6) is 0 Å². The minimum atomic E-state index is -0.974. The molecule has 1 heterocycles. The number of aromatic nitrogens is 1. The van der Waals surface area contributed by atoms with E-state index in [-0.39, 0.29) is 12.3 Å². The zero-order chi connectivity index (χ0) is 17.8. The third-order valence-electron chi connectivity index (χ3n) is 4.34. The average Bonchev–Trinajstić information content (AvgIpc) is 3.33.